The van der Waals surface area contributed by atoms with Gasteiger partial charge in [0, 0.05) is 24.2 Å². The molecule has 0 spiro atoms. The zero-order chi connectivity index (χ0) is 18.5. The molecule has 0 aromatic heterocycles. The van der Waals surface area contributed by atoms with Gasteiger partial charge in [0.25, 0.3) is 11.8 Å². The average molecular weight is 354 g/mol. The number of aryl methyl sites for hydroxylation is 1. The van der Waals surface area contributed by atoms with Crippen molar-refractivity contribution in [3.8, 4) is 5.75 Å². The second-order valence-electron chi connectivity index (χ2n) is 6.14. The third-order valence-corrected chi connectivity index (χ3v) is 4.30. The molecule has 2 aromatic carbocycles. The number of anilines is 1. The zero-order valence-electron chi connectivity index (χ0n) is 15.0. The van der Waals surface area contributed by atoms with Crippen LogP contribution >= 0.6 is 0 Å². The van der Waals surface area contributed by atoms with Crippen LogP contribution in [0.4, 0.5) is 5.69 Å². The number of nitrogens with zero attached hydrogens (tertiary/aromatic N) is 1. The van der Waals surface area contributed by atoms with Crippen molar-refractivity contribution in [3.63, 3.8) is 0 Å². The third kappa shape index (κ3) is 4.03. The third-order valence-electron chi connectivity index (χ3n) is 4.30. The molecule has 6 nitrogen and oxygen atoms in total. The molecular formula is C20H22N2O4. The minimum absolute atomic E-state index is 0.0411. The fourth-order valence-electron chi connectivity index (χ4n) is 2.83. The molecule has 1 saturated heterocycles. The van der Waals surface area contributed by atoms with Gasteiger partial charge in [-0.3, -0.25) is 9.59 Å². The molecule has 0 saturated carbocycles. The number of hydrogen-bond acceptors (Lipinski definition) is 4. The molecule has 1 N–H and O–H groups in total. The van der Waals surface area contributed by atoms with Crippen molar-refractivity contribution < 1.29 is 19.1 Å². The summed E-state index contributed by atoms with van der Waals surface area (Å²) in [4.78, 5) is 26.7. The van der Waals surface area contributed by atoms with E-state index < -0.39 is 0 Å². The van der Waals surface area contributed by atoms with E-state index in [1.165, 1.54) is 0 Å². The number of morpholine rings is 1. The number of benzene rings is 2. The molecule has 0 atom stereocenters. The number of ether oxygens (including phenoxy) is 2. The van der Waals surface area contributed by atoms with Crippen molar-refractivity contribution in [2.24, 2.45) is 0 Å². The topological polar surface area (TPSA) is 67.9 Å². The van der Waals surface area contributed by atoms with Gasteiger partial charge in [-0.25, -0.2) is 0 Å². The lowest BCUT2D eigenvalue weighted by Crippen LogP contribution is -2.40. The van der Waals surface area contributed by atoms with Crippen LogP contribution in [0.15, 0.2) is 42.5 Å². The van der Waals surface area contributed by atoms with E-state index in [1.807, 2.05) is 25.1 Å². The van der Waals surface area contributed by atoms with Gasteiger partial charge >= 0.3 is 0 Å². The van der Waals surface area contributed by atoms with Crippen molar-refractivity contribution in [3.05, 3.63) is 59.2 Å². The van der Waals surface area contributed by atoms with Crippen LogP contribution in [-0.2, 0) is 4.74 Å². The molecule has 1 fully saturated rings. The van der Waals surface area contributed by atoms with E-state index in [2.05, 4.69) is 5.32 Å². The summed E-state index contributed by atoms with van der Waals surface area (Å²) >= 11 is 0. The summed E-state index contributed by atoms with van der Waals surface area (Å²) in [5, 5.41) is 2.85. The van der Waals surface area contributed by atoms with Crippen LogP contribution in [0.25, 0.3) is 0 Å². The van der Waals surface area contributed by atoms with Gasteiger partial charge in [-0.1, -0.05) is 6.07 Å². The van der Waals surface area contributed by atoms with E-state index in [1.54, 1.807) is 36.3 Å². The first kappa shape index (κ1) is 17.9. The van der Waals surface area contributed by atoms with Crippen LogP contribution in [0.1, 0.15) is 26.3 Å². The maximum Gasteiger partial charge on any atom is 0.255 e. The lowest BCUT2D eigenvalue weighted by molar-refractivity contribution is 0.0303. The van der Waals surface area contributed by atoms with Crippen LogP contribution < -0.4 is 10.1 Å². The highest BCUT2D eigenvalue weighted by Gasteiger charge is 2.19. The minimum atomic E-state index is -0.251. The van der Waals surface area contributed by atoms with E-state index in [-0.39, 0.29) is 11.8 Å². The van der Waals surface area contributed by atoms with Gasteiger partial charge in [0.1, 0.15) is 5.75 Å². The second kappa shape index (κ2) is 8.01. The summed E-state index contributed by atoms with van der Waals surface area (Å²) in [7, 11) is 1.56. The first-order valence-corrected chi connectivity index (χ1v) is 8.51. The van der Waals surface area contributed by atoms with Gasteiger partial charge in [0.2, 0.25) is 0 Å². The number of amides is 2. The van der Waals surface area contributed by atoms with E-state index in [4.69, 9.17) is 9.47 Å². The predicted molar refractivity (Wildman–Crippen MR) is 98.8 cm³/mol. The van der Waals surface area contributed by atoms with Crippen molar-refractivity contribution in [1.29, 1.82) is 0 Å². The number of nitrogens with one attached hydrogen (secondary N) is 1. The van der Waals surface area contributed by atoms with Gasteiger partial charge in [-0.15, -0.1) is 0 Å². The molecule has 3 rings (SSSR count). The Kier molecular flexibility index (Phi) is 5.53. The van der Waals surface area contributed by atoms with Crippen LogP contribution in [0, 0.1) is 6.92 Å². The van der Waals surface area contributed by atoms with Crippen molar-refractivity contribution in [1.82, 2.24) is 4.90 Å². The molecule has 0 radical (unpaired) electrons. The van der Waals surface area contributed by atoms with E-state index >= 15 is 0 Å². The number of hydrogen-bond donors (Lipinski definition) is 1. The number of carbonyl (C=O) groups excluding carboxylic acids is 2. The Hall–Kier alpha value is -2.86. The summed E-state index contributed by atoms with van der Waals surface area (Å²) in [6.07, 6.45) is 0. The normalized spacial score (nSPS) is 14.0. The van der Waals surface area contributed by atoms with Crippen LogP contribution in [0.2, 0.25) is 0 Å². The largest absolute Gasteiger partial charge is 0.495 e. The number of rotatable bonds is 4. The average Bonchev–Trinajstić information content (AvgIpc) is 2.68. The Balaban J connectivity index is 1.71. The van der Waals surface area contributed by atoms with Gasteiger partial charge in [0.05, 0.1) is 26.0 Å². The SMILES string of the molecule is COc1ccc(C)cc1NC(=O)c1ccc(C(=O)N2CCOCC2)cc1. The molecule has 2 aromatic rings. The molecule has 136 valence electrons. The Bertz CT molecular complexity index is 796. The van der Waals surface area contributed by atoms with Crippen LogP contribution in [0.5, 0.6) is 5.75 Å². The molecule has 1 aliphatic heterocycles. The quantitative estimate of drug-likeness (QED) is 0.917. The van der Waals surface area contributed by atoms with Gasteiger partial charge in [-0.2, -0.15) is 0 Å². The molecule has 2 amide bonds. The summed E-state index contributed by atoms with van der Waals surface area (Å²) in [6, 6.07) is 12.3. The predicted octanol–water partition coefficient (Wildman–Crippen LogP) is 2.73. The zero-order valence-corrected chi connectivity index (χ0v) is 15.0. The Morgan fingerprint density at radius 1 is 1.04 bits per heavy atom. The standard InChI is InChI=1S/C20H22N2O4/c1-14-3-8-18(25-2)17(13-14)21-19(23)15-4-6-16(7-5-15)20(24)22-9-11-26-12-10-22/h3-8,13H,9-12H2,1-2H3,(H,21,23). The Labute approximate surface area is 152 Å². The maximum atomic E-state index is 12.5. The van der Waals surface area contributed by atoms with E-state index in [0.717, 1.165) is 5.56 Å². The second-order valence-corrected chi connectivity index (χ2v) is 6.14. The van der Waals surface area contributed by atoms with Gasteiger partial charge in [0.15, 0.2) is 0 Å². The van der Waals surface area contributed by atoms with Gasteiger partial charge < -0.3 is 19.7 Å². The van der Waals surface area contributed by atoms with E-state index in [0.29, 0.717) is 48.9 Å². The number of carbonyl (C=O) groups is 2. The van der Waals surface area contributed by atoms with Crippen molar-refractivity contribution >= 4 is 17.5 Å². The number of methoxy groups -OCH3 is 1. The molecule has 0 unspecified atom stereocenters. The molecule has 6 heteroatoms. The summed E-state index contributed by atoms with van der Waals surface area (Å²) in [5.41, 5.74) is 2.68. The minimum Gasteiger partial charge on any atom is -0.495 e. The summed E-state index contributed by atoms with van der Waals surface area (Å²) in [6.45, 7) is 4.25. The lowest BCUT2D eigenvalue weighted by Gasteiger charge is -2.26. The highest BCUT2D eigenvalue weighted by Crippen LogP contribution is 2.25. The molecule has 1 aliphatic rings. The Morgan fingerprint density at radius 3 is 2.35 bits per heavy atom. The molecule has 1 heterocycles. The maximum absolute atomic E-state index is 12.5. The highest BCUT2D eigenvalue weighted by molar-refractivity contribution is 6.05. The smallest absolute Gasteiger partial charge is 0.255 e. The van der Waals surface area contributed by atoms with Crippen LogP contribution in [-0.4, -0.2) is 50.1 Å². The van der Waals surface area contributed by atoms with Crippen LogP contribution in [0.3, 0.4) is 0 Å². The van der Waals surface area contributed by atoms with Crippen molar-refractivity contribution in [2.75, 3.05) is 38.7 Å². The fourth-order valence-corrected chi connectivity index (χ4v) is 2.83. The first-order chi connectivity index (χ1) is 12.6. The fraction of sp³-hybridized carbons (Fsp3) is 0.300. The molecule has 0 bridgehead atoms. The molecule has 26 heavy (non-hydrogen) atoms. The summed E-state index contributed by atoms with van der Waals surface area (Å²) < 4.78 is 10.5. The van der Waals surface area contributed by atoms with Crippen molar-refractivity contribution in [2.45, 2.75) is 6.92 Å². The van der Waals surface area contributed by atoms with Gasteiger partial charge in [-0.05, 0) is 48.9 Å². The summed E-state index contributed by atoms with van der Waals surface area (Å²) in [5.74, 6) is 0.308. The lowest BCUT2D eigenvalue weighted by atomic mass is 10.1. The molecular weight excluding hydrogens is 332 g/mol. The first-order valence-electron chi connectivity index (χ1n) is 8.51. The Morgan fingerprint density at radius 2 is 1.69 bits per heavy atom. The monoisotopic (exact) mass is 354 g/mol. The molecule has 0 aliphatic carbocycles. The van der Waals surface area contributed by atoms with E-state index in [9.17, 15) is 9.59 Å². The highest BCUT2D eigenvalue weighted by atomic mass is 16.5.